The van der Waals surface area contributed by atoms with Gasteiger partial charge in [-0.25, -0.2) is 0 Å². The SMILES string of the molecule is CC/C=C\CC1C(CC(=O)OCC(COC(=O)CCCCCCC/C=C\C/C=C\CCCCC)OC(=O)CCCCCCC/C=C\C/C=C\CCCCC)CCC1OC(=O)CCCN(C)C. The van der Waals surface area contributed by atoms with Crippen LogP contribution in [0, 0.1) is 11.8 Å². The Morgan fingerprint density at radius 3 is 1.53 bits per heavy atom. The van der Waals surface area contributed by atoms with E-state index in [0.29, 0.717) is 25.7 Å². The summed E-state index contributed by atoms with van der Waals surface area (Å²) in [5.74, 6) is -1.28. The van der Waals surface area contributed by atoms with Gasteiger partial charge >= 0.3 is 23.9 Å². The Morgan fingerprint density at radius 1 is 0.515 bits per heavy atom. The van der Waals surface area contributed by atoms with Crippen molar-refractivity contribution in [2.24, 2.45) is 11.8 Å². The van der Waals surface area contributed by atoms with Crippen molar-refractivity contribution < 1.29 is 38.1 Å². The van der Waals surface area contributed by atoms with Gasteiger partial charge in [0.25, 0.3) is 0 Å². The van der Waals surface area contributed by atoms with Gasteiger partial charge in [-0.05, 0) is 136 Å². The molecule has 0 aromatic rings. The third-order valence-corrected chi connectivity index (χ3v) is 12.2. The van der Waals surface area contributed by atoms with Crippen LogP contribution in [-0.4, -0.2) is 74.8 Å². The van der Waals surface area contributed by atoms with Crippen LogP contribution in [0.1, 0.15) is 220 Å². The largest absolute Gasteiger partial charge is 0.462 e. The maximum atomic E-state index is 13.3. The molecular formula is C57H97NO8. The highest BCUT2D eigenvalue weighted by Crippen LogP contribution is 2.39. The lowest BCUT2D eigenvalue weighted by molar-refractivity contribution is -0.167. The third kappa shape index (κ3) is 36.6. The molecule has 0 amide bonds. The lowest BCUT2D eigenvalue weighted by Gasteiger charge is -2.24. The summed E-state index contributed by atoms with van der Waals surface area (Å²) >= 11 is 0. The van der Waals surface area contributed by atoms with Crippen molar-refractivity contribution in [3.8, 4) is 0 Å². The van der Waals surface area contributed by atoms with E-state index in [4.69, 9.17) is 18.9 Å². The smallest absolute Gasteiger partial charge is 0.306 e. The highest BCUT2D eigenvalue weighted by atomic mass is 16.6. The Bertz CT molecular complexity index is 1370. The monoisotopic (exact) mass is 924 g/mol. The molecular weight excluding hydrogens is 827 g/mol. The minimum absolute atomic E-state index is 0.000476. The molecule has 1 saturated carbocycles. The van der Waals surface area contributed by atoms with E-state index in [0.717, 1.165) is 116 Å². The lowest BCUT2D eigenvalue weighted by atomic mass is 9.88. The van der Waals surface area contributed by atoms with Gasteiger partial charge in [-0.2, -0.15) is 0 Å². The van der Waals surface area contributed by atoms with Crippen molar-refractivity contribution in [2.75, 3.05) is 33.9 Å². The Balaban J connectivity index is 2.61. The number of hydrogen-bond acceptors (Lipinski definition) is 9. The van der Waals surface area contributed by atoms with Crippen LogP contribution in [0.15, 0.2) is 60.8 Å². The van der Waals surface area contributed by atoms with Crippen molar-refractivity contribution >= 4 is 23.9 Å². The van der Waals surface area contributed by atoms with Gasteiger partial charge in [0.1, 0.15) is 19.3 Å². The van der Waals surface area contributed by atoms with E-state index in [1.165, 1.54) is 51.4 Å². The maximum Gasteiger partial charge on any atom is 0.306 e. The molecule has 0 aromatic heterocycles. The molecule has 0 radical (unpaired) electrons. The summed E-state index contributed by atoms with van der Waals surface area (Å²) < 4.78 is 23.1. The van der Waals surface area contributed by atoms with Crippen LogP contribution < -0.4 is 0 Å². The van der Waals surface area contributed by atoms with Crippen molar-refractivity contribution in [3.05, 3.63) is 60.8 Å². The quantitative estimate of drug-likeness (QED) is 0.0256. The van der Waals surface area contributed by atoms with E-state index in [9.17, 15) is 19.2 Å². The molecule has 4 atom stereocenters. The molecule has 1 aliphatic carbocycles. The molecule has 1 rings (SSSR count). The van der Waals surface area contributed by atoms with Gasteiger partial charge in [-0.1, -0.05) is 146 Å². The molecule has 0 N–H and O–H groups in total. The second kappa shape index (κ2) is 44.1. The van der Waals surface area contributed by atoms with Crippen molar-refractivity contribution in [2.45, 2.75) is 232 Å². The Kier molecular flexibility index (Phi) is 40.4. The molecule has 0 saturated heterocycles. The molecule has 0 heterocycles. The summed E-state index contributed by atoms with van der Waals surface area (Å²) in [4.78, 5) is 53.8. The average Bonchev–Trinajstić information content (AvgIpc) is 3.66. The van der Waals surface area contributed by atoms with Crippen molar-refractivity contribution in [1.82, 2.24) is 4.90 Å². The first kappa shape index (κ1) is 60.6. The van der Waals surface area contributed by atoms with Crippen LogP contribution in [0.5, 0.6) is 0 Å². The van der Waals surface area contributed by atoms with E-state index < -0.39 is 12.1 Å². The molecule has 66 heavy (non-hydrogen) atoms. The summed E-state index contributed by atoms with van der Waals surface area (Å²) in [6.07, 6.45) is 50.4. The van der Waals surface area contributed by atoms with Gasteiger partial charge in [-0.3, -0.25) is 19.2 Å². The molecule has 1 aliphatic rings. The van der Waals surface area contributed by atoms with E-state index in [1.54, 1.807) is 0 Å². The van der Waals surface area contributed by atoms with Gasteiger partial charge in [-0.15, -0.1) is 0 Å². The normalized spacial score (nSPS) is 17.0. The number of ether oxygens (including phenoxy) is 4. The Hall–Kier alpha value is -3.46. The first-order valence-corrected chi connectivity index (χ1v) is 26.8. The van der Waals surface area contributed by atoms with Crippen LogP contribution in [-0.2, 0) is 38.1 Å². The van der Waals surface area contributed by atoms with E-state index in [2.05, 4.69) is 86.4 Å². The predicted octanol–water partition coefficient (Wildman–Crippen LogP) is 14.6. The fourth-order valence-corrected chi connectivity index (χ4v) is 8.28. The first-order chi connectivity index (χ1) is 32.2. The van der Waals surface area contributed by atoms with E-state index >= 15 is 0 Å². The molecule has 378 valence electrons. The van der Waals surface area contributed by atoms with E-state index in [1.807, 2.05) is 14.1 Å². The molecule has 0 spiro atoms. The van der Waals surface area contributed by atoms with Gasteiger partial charge in [0.2, 0.25) is 0 Å². The fraction of sp³-hybridized carbons (Fsp3) is 0.754. The summed E-state index contributed by atoms with van der Waals surface area (Å²) in [6.45, 7) is 7.03. The Morgan fingerprint density at radius 2 is 1.00 bits per heavy atom. The minimum Gasteiger partial charge on any atom is -0.462 e. The molecule has 4 unspecified atom stereocenters. The summed E-state index contributed by atoms with van der Waals surface area (Å²) in [5, 5.41) is 0. The summed E-state index contributed by atoms with van der Waals surface area (Å²) in [5.41, 5.74) is 0. The zero-order chi connectivity index (χ0) is 48.1. The van der Waals surface area contributed by atoms with Gasteiger partial charge < -0.3 is 23.8 Å². The molecule has 9 heteroatoms. The van der Waals surface area contributed by atoms with Crippen LogP contribution >= 0.6 is 0 Å². The number of allylic oxidation sites excluding steroid dienone is 10. The van der Waals surface area contributed by atoms with Crippen LogP contribution in [0.4, 0.5) is 0 Å². The number of esters is 4. The number of carbonyl (C=O) groups is 4. The standard InChI is InChI=1S/C57H97NO8/c1-6-9-12-14-16-18-20-22-24-26-28-30-32-34-37-41-54(59)63-48-51(65-55(60)42-38-35-33-31-29-27-25-23-21-19-17-15-13-10-7-2)49-64-57(62)47-50-44-45-53(52(50)40-36-11-8-3)66-56(61)43-39-46-58(4)5/h11,16-19,22-25,36,50-53H,6-10,12-15,20-21,26-35,37-49H2,1-5H3/b18-16-,19-17-,24-22-,25-23-,36-11-. The highest BCUT2D eigenvalue weighted by Gasteiger charge is 2.39. The second-order valence-corrected chi connectivity index (χ2v) is 18.7. The highest BCUT2D eigenvalue weighted by molar-refractivity contribution is 5.71. The maximum absolute atomic E-state index is 13.3. The second-order valence-electron chi connectivity index (χ2n) is 18.7. The number of rotatable bonds is 43. The number of unbranched alkanes of at least 4 members (excludes halogenated alkanes) is 16. The van der Waals surface area contributed by atoms with Gasteiger partial charge in [0, 0.05) is 31.6 Å². The minimum atomic E-state index is -0.879. The van der Waals surface area contributed by atoms with Gasteiger partial charge in [0.05, 0.1) is 0 Å². The predicted molar refractivity (Wildman–Crippen MR) is 273 cm³/mol. The van der Waals surface area contributed by atoms with Crippen molar-refractivity contribution in [1.29, 1.82) is 0 Å². The molecule has 0 aromatic carbocycles. The average molecular weight is 924 g/mol. The summed E-state index contributed by atoms with van der Waals surface area (Å²) in [7, 11) is 3.97. The molecule has 1 fully saturated rings. The summed E-state index contributed by atoms with van der Waals surface area (Å²) in [6, 6.07) is 0. The number of carbonyl (C=O) groups excluding carboxylic acids is 4. The fourth-order valence-electron chi connectivity index (χ4n) is 8.28. The topological polar surface area (TPSA) is 108 Å². The first-order valence-electron chi connectivity index (χ1n) is 26.8. The molecule has 0 aliphatic heterocycles. The van der Waals surface area contributed by atoms with Crippen molar-refractivity contribution in [3.63, 3.8) is 0 Å². The number of nitrogens with zero attached hydrogens (tertiary/aromatic N) is 1. The van der Waals surface area contributed by atoms with E-state index in [-0.39, 0.29) is 61.9 Å². The molecule has 0 bridgehead atoms. The van der Waals surface area contributed by atoms with Crippen LogP contribution in [0.3, 0.4) is 0 Å². The zero-order valence-corrected chi connectivity index (χ0v) is 42.8. The Labute approximate surface area is 404 Å². The lowest BCUT2D eigenvalue weighted by Crippen LogP contribution is -2.31. The zero-order valence-electron chi connectivity index (χ0n) is 42.8. The van der Waals surface area contributed by atoms with Gasteiger partial charge in [0.15, 0.2) is 6.10 Å². The molecule has 9 nitrogen and oxygen atoms in total. The van der Waals surface area contributed by atoms with Crippen LogP contribution in [0.25, 0.3) is 0 Å². The third-order valence-electron chi connectivity index (χ3n) is 12.2. The number of hydrogen-bond donors (Lipinski definition) is 0. The van der Waals surface area contributed by atoms with Crippen LogP contribution in [0.2, 0.25) is 0 Å².